The van der Waals surface area contributed by atoms with Crippen molar-refractivity contribution in [1.82, 2.24) is 0 Å². The number of nitrogens with zero attached hydrogens (tertiary/aromatic N) is 1. The van der Waals surface area contributed by atoms with Gasteiger partial charge in [0.25, 0.3) is 5.91 Å². The number of nitrogens with one attached hydrogen (secondary N) is 2. The van der Waals surface area contributed by atoms with E-state index < -0.39 is 11.7 Å². The van der Waals surface area contributed by atoms with Crippen LogP contribution in [0.1, 0.15) is 21.5 Å². The summed E-state index contributed by atoms with van der Waals surface area (Å²) < 4.78 is 13.7. The van der Waals surface area contributed by atoms with Gasteiger partial charge in [-0.25, -0.2) is 4.39 Å². The number of amides is 1. The number of rotatable bonds is 3. The topological polar surface area (TPSA) is 64.9 Å². The van der Waals surface area contributed by atoms with Crippen molar-refractivity contribution in [3.63, 3.8) is 0 Å². The van der Waals surface area contributed by atoms with Crippen LogP contribution >= 0.6 is 0 Å². The summed E-state index contributed by atoms with van der Waals surface area (Å²) in [5.74, 6) is -1.03. The van der Waals surface area contributed by atoms with Gasteiger partial charge >= 0.3 is 0 Å². The maximum atomic E-state index is 13.7. The van der Waals surface area contributed by atoms with E-state index in [4.69, 9.17) is 5.26 Å². The summed E-state index contributed by atoms with van der Waals surface area (Å²) in [6.07, 6.45) is 0. The lowest BCUT2D eigenvalue weighted by atomic mass is 10.1. The Labute approximate surface area is 122 Å². The fourth-order valence-corrected chi connectivity index (χ4v) is 1.97. The Morgan fingerprint density at radius 3 is 2.48 bits per heavy atom. The maximum Gasteiger partial charge on any atom is 0.255 e. The number of nitriles is 1. The highest BCUT2D eigenvalue weighted by Gasteiger charge is 2.11. The summed E-state index contributed by atoms with van der Waals surface area (Å²) >= 11 is 0. The predicted octanol–water partition coefficient (Wildman–Crippen LogP) is 3.30. The van der Waals surface area contributed by atoms with Crippen molar-refractivity contribution >= 4 is 17.3 Å². The van der Waals surface area contributed by atoms with Crippen LogP contribution in [0.5, 0.6) is 0 Å². The lowest BCUT2D eigenvalue weighted by Crippen LogP contribution is -2.13. The van der Waals surface area contributed by atoms with Crippen LogP contribution in [0.15, 0.2) is 36.4 Å². The number of anilines is 2. The lowest BCUT2D eigenvalue weighted by Gasteiger charge is -2.09. The number of hydrogen-bond donors (Lipinski definition) is 2. The lowest BCUT2D eigenvalue weighted by molar-refractivity contribution is 0.102. The van der Waals surface area contributed by atoms with E-state index in [-0.39, 0.29) is 11.3 Å². The molecule has 0 aliphatic carbocycles. The third kappa shape index (κ3) is 3.18. The van der Waals surface area contributed by atoms with E-state index in [1.165, 1.54) is 12.1 Å². The van der Waals surface area contributed by atoms with E-state index in [0.29, 0.717) is 5.56 Å². The highest BCUT2D eigenvalue weighted by molar-refractivity contribution is 6.04. The van der Waals surface area contributed by atoms with Crippen LogP contribution in [0.2, 0.25) is 0 Å². The first-order chi connectivity index (χ1) is 10.0. The Bertz CT molecular complexity index is 735. The van der Waals surface area contributed by atoms with Crippen LogP contribution in [0.25, 0.3) is 0 Å². The van der Waals surface area contributed by atoms with E-state index in [9.17, 15) is 9.18 Å². The molecule has 0 saturated carbocycles. The second kappa shape index (κ2) is 6.06. The molecule has 2 aromatic rings. The fourth-order valence-electron chi connectivity index (χ4n) is 1.97. The first-order valence-electron chi connectivity index (χ1n) is 6.34. The monoisotopic (exact) mass is 283 g/mol. The molecular weight excluding hydrogens is 269 g/mol. The molecule has 0 aliphatic rings. The average molecular weight is 283 g/mol. The molecule has 0 atom stereocenters. The Morgan fingerprint density at radius 2 is 1.90 bits per heavy atom. The summed E-state index contributed by atoms with van der Waals surface area (Å²) in [6.45, 7) is 1.88. The summed E-state index contributed by atoms with van der Waals surface area (Å²) in [7, 11) is 1.80. The van der Waals surface area contributed by atoms with E-state index in [0.717, 1.165) is 17.3 Å². The van der Waals surface area contributed by atoms with Crippen LogP contribution < -0.4 is 10.6 Å². The molecule has 5 heteroatoms. The molecule has 1 amide bonds. The highest BCUT2D eigenvalue weighted by atomic mass is 19.1. The van der Waals surface area contributed by atoms with Crippen LogP contribution in [0, 0.1) is 24.1 Å². The van der Waals surface area contributed by atoms with E-state index in [1.807, 2.05) is 13.0 Å². The number of aryl methyl sites for hydroxylation is 1. The normalized spacial score (nSPS) is 9.81. The van der Waals surface area contributed by atoms with Crippen LogP contribution in [-0.4, -0.2) is 13.0 Å². The summed E-state index contributed by atoms with van der Waals surface area (Å²) in [5.41, 5.74) is 2.55. The minimum absolute atomic E-state index is 0.0503. The number of carbonyl (C=O) groups is 1. The SMILES string of the molecule is CNc1ccc(C(=O)Nc2ccc(C#N)cc2F)cc1C. The van der Waals surface area contributed by atoms with Crippen molar-refractivity contribution < 1.29 is 9.18 Å². The van der Waals surface area contributed by atoms with Gasteiger partial charge in [-0.05, 0) is 48.9 Å². The summed E-state index contributed by atoms with van der Waals surface area (Å²) in [5, 5.41) is 14.2. The second-order valence-corrected chi connectivity index (χ2v) is 4.54. The molecule has 106 valence electrons. The Balaban J connectivity index is 2.22. The molecule has 2 rings (SSSR count). The Kier molecular flexibility index (Phi) is 4.19. The maximum absolute atomic E-state index is 13.7. The first kappa shape index (κ1) is 14.5. The number of carbonyl (C=O) groups excluding carboxylic acids is 1. The van der Waals surface area contributed by atoms with Gasteiger partial charge in [-0.1, -0.05) is 0 Å². The standard InChI is InChI=1S/C16H14FN3O/c1-10-7-12(4-6-14(10)19-2)16(21)20-15-5-3-11(9-18)8-13(15)17/h3-8,19H,1-2H3,(H,20,21). The van der Waals surface area contributed by atoms with Gasteiger partial charge in [0.05, 0.1) is 17.3 Å². The van der Waals surface area contributed by atoms with E-state index in [2.05, 4.69) is 10.6 Å². The minimum atomic E-state index is -0.633. The van der Waals surface area contributed by atoms with Gasteiger partial charge in [0, 0.05) is 18.3 Å². The molecule has 4 nitrogen and oxygen atoms in total. The third-order valence-corrected chi connectivity index (χ3v) is 3.10. The largest absolute Gasteiger partial charge is 0.388 e. The smallest absolute Gasteiger partial charge is 0.255 e. The molecule has 0 fully saturated rings. The molecule has 0 unspecified atom stereocenters. The van der Waals surface area contributed by atoms with Gasteiger partial charge in [0.1, 0.15) is 5.82 Å². The molecule has 0 heterocycles. The zero-order chi connectivity index (χ0) is 15.4. The third-order valence-electron chi connectivity index (χ3n) is 3.10. The molecule has 0 bridgehead atoms. The predicted molar refractivity (Wildman–Crippen MR) is 79.8 cm³/mol. The molecule has 0 saturated heterocycles. The van der Waals surface area contributed by atoms with Crippen molar-refractivity contribution in [2.75, 3.05) is 17.7 Å². The molecule has 0 aromatic heterocycles. The molecule has 21 heavy (non-hydrogen) atoms. The molecule has 0 spiro atoms. The van der Waals surface area contributed by atoms with Crippen molar-refractivity contribution in [2.45, 2.75) is 6.92 Å². The average Bonchev–Trinajstić information content (AvgIpc) is 2.49. The number of hydrogen-bond acceptors (Lipinski definition) is 3. The van der Waals surface area contributed by atoms with Crippen molar-refractivity contribution in [1.29, 1.82) is 5.26 Å². The Hall–Kier alpha value is -2.87. The molecule has 2 aromatic carbocycles. The van der Waals surface area contributed by atoms with Gasteiger partial charge in [-0.15, -0.1) is 0 Å². The molecular formula is C16H14FN3O. The second-order valence-electron chi connectivity index (χ2n) is 4.54. The van der Waals surface area contributed by atoms with Crippen molar-refractivity contribution in [2.24, 2.45) is 0 Å². The van der Waals surface area contributed by atoms with Gasteiger partial charge in [0.15, 0.2) is 0 Å². The van der Waals surface area contributed by atoms with Gasteiger partial charge < -0.3 is 10.6 Å². The summed E-state index contributed by atoms with van der Waals surface area (Å²) in [6, 6.07) is 10.9. The van der Waals surface area contributed by atoms with E-state index in [1.54, 1.807) is 25.2 Å². The van der Waals surface area contributed by atoms with Crippen LogP contribution in [0.4, 0.5) is 15.8 Å². The minimum Gasteiger partial charge on any atom is -0.388 e. The van der Waals surface area contributed by atoms with E-state index >= 15 is 0 Å². The van der Waals surface area contributed by atoms with Gasteiger partial charge in [0.2, 0.25) is 0 Å². The summed E-state index contributed by atoms with van der Waals surface area (Å²) in [4.78, 5) is 12.1. The molecule has 0 radical (unpaired) electrons. The highest BCUT2D eigenvalue weighted by Crippen LogP contribution is 2.19. The van der Waals surface area contributed by atoms with Crippen molar-refractivity contribution in [3.05, 3.63) is 58.9 Å². The van der Waals surface area contributed by atoms with Gasteiger partial charge in [-0.2, -0.15) is 5.26 Å². The zero-order valence-electron chi connectivity index (χ0n) is 11.7. The fraction of sp³-hybridized carbons (Fsp3) is 0.125. The number of halogens is 1. The molecule has 0 aliphatic heterocycles. The first-order valence-corrected chi connectivity index (χ1v) is 6.34. The van der Waals surface area contributed by atoms with Crippen LogP contribution in [-0.2, 0) is 0 Å². The Morgan fingerprint density at radius 1 is 1.19 bits per heavy atom. The zero-order valence-corrected chi connectivity index (χ0v) is 11.7. The number of benzene rings is 2. The molecule has 2 N–H and O–H groups in total. The van der Waals surface area contributed by atoms with Crippen molar-refractivity contribution in [3.8, 4) is 6.07 Å². The van der Waals surface area contributed by atoms with Crippen LogP contribution in [0.3, 0.4) is 0 Å². The van der Waals surface area contributed by atoms with Gasteiger partial charge in [-0.3, -0.25) is 4.79 Å². The quantitative estimate of drug-likeness (QED) is 0.908.